The van der Waals surface area contributed by atoms with Crippen molar-refractivity contribution in [2.24, 2.45) is 0 Å². The predicted molar refractivity (Wildman–Crippen MR) is 80.2 cm³/mol. The molecule has 1 aromatic carbocycles. The molecule has 0 saturated carbocycles. The first-order valence-electron chi connectivity index (χ1n) is 6.41. The molecule has 0 radical (unpaired) electrons. The van der Waals surface area contributed by atoms with Crippen molar-refractivity contribution in [1.29, 1.82) is 0 Å². The second-order valence-electron chi connectivity index (χ2n) is 4.36. The number of ether oxygens (including phenoxy) is 1. The van der Waals surface area contributed by atoms with Crippen LogP contribution in [0.2, 0.25) is 0 Å². The highest BCUT2D eigenvalue weighted by Gasteiger charge is 2.15. The van der Waals surface area contributed by atoms with Gasteiger partial charge in [-0.2, -0.15) is 4.58 Å². The van der Waals surface area contributed by atoms with Crippen LogP contribution in [-0.4, -0.2) is 43.8 Å². The second kappa shape index (κ2) is 7.65. The molecule has 120 valence electrons. The molecule has 2 heterocycles. The minimum absolute atomic E-state index is 0.786. The van der Waals surface area contributed by atoms with E-state index in [1.54, 1.807) is 11.3 Å². The third kappa shape index (κ3) is 5.70. The van der Waals surface area contributed by atoms with Gasteiger partial charge >= 0.3 is 4.87 Å². The van der Waals surface area contributed by atoms with Crippen LogP contribution in [-0.2, 0) is 15.1 Å². The lowest BCUT2D eigenvalue weighted by Gasteiger charge is -2.08. The summed E-state index contributed by atoms with van der Waals surface area (Å²) in [6, 6.07) is 10.2. The van der Waals surface area contributed by atoms with Crippen molar-refractivity contribution in [3.63, 3.8) is 0 Å². The third-order valence-electron chi connectivity index (χ3n) is 2.79. The predicted octanol–water partition coefficient (Wildman–Crippen LogP) is 0.815. The van der Waals surface area contributed by atoms with Gasteiger partial charge in [0.1, 0.15) is 13.2 Å². The molecule has 22 heavy (non-hydrogen) atoms. The van der Waals surface area contributed by atoms with Gasteiger partial charge in [0, 0.05) is 10.9 Å². The molecular formula is C13H15NO6S2. The van der Waals surface area contributed by atoms with E-state index < -0.39 is 10.4 Å². The third-order valence-corrected chi connectivity index (χ3v) is 3.67. The van der Waals surface area contributed by atoms with Crippen LogP contribution in [0.4, 0.5) is 0 Å². The Hall–Kier alpha value is -1.52. The molecule has 0 atom stereocenters. The maximum absolute atomic E-state index is 8.63. The molecule has 0 amide bonds. The first-order chi connectivity index (χ1) is 10.4. The number of rotatable bonds is 1. The largest absolute Gasteiger partial charge is 0.726 e. The molecule has 9 heteroatoms. The Labute approximate surface area is 131 Å². The highest BCUT2D eigenvalue weighted by molar-refractivity contribution is 7.79. The fraction of sp³-hybridized carbons (Fsp3) is 0.308. The van der Waals surface area contributed by atoms with Gasteiger partial charge in [0.2, 0.25) is 10.4 Å². The molecule has 1 aliphatic rings. The SMILES string of the molecule is O=S(=O)([O-])O.c1ccc(-c2csc(=[N+]3CCOCC3)o2)cc1. The average molecular weight is 345 g/mol. The van der Waals surface area contributed by atoms with E-state index in [4.69, 9.17) is 26.7 Å². The standard InChI is InChI=1S/C13H14NO2S.H2O4S/c1-2-4-11(5-3-1)12-10-17-13(16-12)14-6-8-15-9-7-14;1-5(2,3)4/h1-5,10H,6-9H2;(H2,1,2,3,4)/q+1;/p-1. The lowest BCUT2D eigenvalue weighted by atomic mass is 10.2. The smallest absolute Gasteiger partial charge is 0.430 e. The summed E-state index contributed by atoms with van der Waals surface area (Å²) in [6.07, 6.45) is 0. The van der Waals surface area contributed by atoms with Crippen LogP contribution in [0.3, 0.4) is 0 Å². The van der Waals surface area contributed by atoms with Crippen LogP contribution in [0.1, 0.15) is 0 Å². The molecule has 0 spiro atoms. The molecule has 1 fully saturated rings. The maximum atomic E-state index is 8.63. The van der Waals surface area contributed by atoms with Crippen molar-refractivity contribution >= 4 is 21.7 Å². The van der Waals surface area contributed by atoms with Crippen LogP contribution in [0.15, 0.2) is 40.1 Å². The van der Waals surface area contributed by atoms with Gasteiger partial charge in [-0.3, -0.25) is 4.55 Å². The molecule has 7 nitrogen and oxygen atoms in total. The monoisotopic (exact) mass is 345 g/mol. The van der Waals surface area contributed by atoms with Gasteiger partial charge in [-0.05, 0) is 11.3 Å². The molecule has 3 rings (SSSR count). The number of hydrogen-bond acceptors (Lipinski definition) is 6. The van der Waals surface area contributed by atoms with E-state index in [1.165, 1.54) is 0 Å². The summed E-state index contributed by atoms with van der Waals surface area (Å²) in [5.74, 6) is 0.942. The van der Waals surface area contributed by atoms with Crippen molar-refractivity contribution < 1.29 is 26.7 Å². The summed E-state index contributed by atoms with van der Waals surface area (Å²) < 4.78 is 46.3. The second-order valence-corrected chi connectivity index (χ2v) is 6.04. The Morgan fingerprint density at radius 1 is 1.18 bits per heavy atom. The van der Waals surface area contributed by atoms with Gasteiger partial charge in [-0.1, -0.05) is 30.3 Å². The normalized spacial score (nSPS) is 15.1. The first kappa shape index (κ1) is 16.8. The molecular weight excluding hydrogens is 330 g/mol. The van der Waals surface area contributed by atoms with Gasteiger partial charge < -0.3 is 13.7 Å². The van der Waals surface area contributed by atoms with Crippen LogP contribution in [0, 0.1) is 0 Å². The van der Waals surface area contributed by atoms with E-state index >= 15 is 0 Å². The zero-order chi connectivity index (χ0) is 16.0. The highest BCUT2D eigenvalue weighted by Crippen LogP contribution is 2.18. The van der Waals surface area contributed by atoms with Crippen molar-refractivity contribution in [2.45, 2.75) is 0 Å². The van der Waals surface area contributed by atoms with Gasteiger partial charge in [0.25, 0.3) is 0 Å². The molecule has 1 aliphatic heterocycles. The lowest BCUT2D eigenvalue weighted by Crippen LogP contribution is -2.38. The minimum atomic E-state index is -4.92. The summed E-state index contributed by atoms with van der Waals surface area (Å²) in [7, 11) is -4.92. The maximum Gasteiger partial charge on any atom is 0.430 e. The quantitative estimate of drug-likeness (QED) is 0.466. The highest BCUT2D eigenvalue weighted by atomic mass is 32.3. The number of morpholine rings is 1. The zero-order valence-electron chi connectivity index (χ0n) is 11.5. The summed E-state index contributed by atoms with van der Waals surface area (Å²) in [6.45, 7) is 3.40. The Morgan fingerprint density at radius 3 is 2.36 bits per heavy atom. The van der Waals surface area contributed by atoms with Crippen molar-refractivity contribution in [1.82, 2.24) is 4.58 Å². The number of benzene rings is 1. The van der Waals surface area contributed by atoms with Gasteiger partial charge in [0.05, 0.1) is 0 Å². The first-order valence-corrected chi connectivity index (χ1v) is 8.66. The van der Waals surface area contributed by atoms with E-state index in [0.717, 1.165) is 42.5 Å². The summed E-state index contributed by atoms with van der Waals surface area (Å²) in [4.78, 5) is 0.979. The molecule has 1 N–H and O–H groups in total. The molecule has 1 aromatic heterocycles. The minimum Gasteiger partial charge on any atom is -0.726 e. The number of hydrogen-bond donors (Lipinski definition) is 1. The Morgan fingerprint density at radius 2 is 1.77 bits per heavy atom. The molecule has 0 unspecified atom stereocenters. The van der Waals surface area contributed by atoms with Gasteiger partial charge in [-0.25, -0.2) is 8.42 Å². The fourth-order valence-electron chi connectivity index (χ4n) is 1.86. The van der Waals surface area contributed by atoms with Crippen molar-refractivity contribution in [3.8, 4) is 11.3 Å². The van der Waals surface area contributed by atoms with Crippen LogP contribution in [0.25, 0.3) is 11.3 Å². The van der Waals surface area contributed by atoms with Gasteiger partial charge in [0.15, 0.2) is 18.8 Å². The summed E-state index contributed by atoms with van der Waals surface area (Å²) in [5.41, 5.74) is 1.13. The van der Waals surface area contributed by atoms with Crippen molar-refractivity contribution in [3.05, 3.63) is 40.6 Å². The Balaban J connectivity index is 0.000000309. The summed E-state index contributed by atoms with van der Waals surface area (Å²) >= 11 is 1.65. The number of nitrogens with zero attached hydrogens (tertiary/aromatic N) is 1. The zero-order valence-corrected chi connectivity index (χ0v) is 13.2. The van der Waals surface area contributed by atoms with Crippen LogP contribution in [0.5, 0.6) is 0 Å². The fourth-order valence-corrected chi connectivity index (χ4v) is 2.72. The topological polar surface area (TPSA) is 103 Å². The van der Waals surface area contributed by atoms with E-state index in [2.05, 4.69) is 22.1 Å². The Kier molecular flexibility index (Phi) is 5.86. The molecule has 0 aliphatic carbocycles. The lowest BCUT2D eigenvalue weighted by molar-refractivity contribution is 0.0935. The molecule has 2 aromatic rings. The molecule has 1 saturated heterocycles. The summed E-state index contributed by atoms with van der Waals surface area (Å²) in [5, 5.41) is 2.07. The van der Waals surface area contributed by atoms with E-state index in [-0.39, 0.29) is 0 Å². The molecule has 0 bridgehead atoms. The van der Waals surface area contributed by atoms with E-state index in [9.17, 15) is 0 Å². The average Bonchev–Trinajstić information content (AvgIpc) is 2.97. The Bertz CT molecular complexity index is 747. The van der Waals surface area contributed by atoms with Crippen LogP contribution < -0.4 is 9.44 Å². The van der Waals surface area contributed by atoms with Crippen LogP contribution >= 0.6 is 11.3 Å². The van der Waals surface area contributed by atoms with E-state index in [0.29, 0.717) is 0 Å². The van der Waals surface area contributed by atoms with Gasteiger partial charge in [-0.15, -0.1) is 0 Å². The van der Waals surface area contributed by atoms with E-state index in [1.807, 2.05) is 18.2 Å². The van der Waals surface area contributed by atoms with Crippen molar-refractivity contribution in [2.75, 3.05) is 26.3 Å².